The molecule has 1 unspecified atom stereocenters. The van der Waals surface area contributed by atoms with Crippen molar-refractivity contribution in [3.8, 4) is 5.88 Å². The van der Waals surface area contributed by atoms with Crippen LogP contribution in [-0.2, 0) is 14.3 Å². The Bertz CT molecular complexity index is 1970. The van der Waals surface area contributed by atoms with Crippen LogP contribution < -0.4 is 10.1 Å². The molecule has 1 saturated heterocycles. The standard InChI is InChI=1S/C49H77N5O4S/c1-33(2)36-15-22-49(50-25-26-53-27-29-59(10,57)30-28-53)24-23-46(8)38(42(36)49)11-12-40-45(7)18-16-37(44(5,6)39(45)17-19-47(40,46)9)35-13-20-48(21-14-35,43(55)56)32-58-41-31-51-52-54(41)34(3)4/h13,16,31,34,36,38-40,42,50H,1,10-12,14-15,17-30,32H2,2-9H3,(H,55,56)/t36-,38+,39-,40+,42+,45-,46+,47+,48?,49-/m0/s1. The Hall–Kier alpha value is -2.43. The third-order valence-electron chi connectivity index (χ3n) is 19.0. The summed E-state index contributed by atoms with van der Waals surface area (Å²) in [5.74, 6) is 8.36. The van der Waals surface area contributed by atoms with Gasteiger partial charge in [0.05, 0.1) is 6.04 Å². The molecule has 1 aliphatic heterocycles. The Kier molecular flexibility index (Phi) is 11.1. The Morgan fingerprint density at radius 1 is 0.983 bits per heavy atom. The molecule has 6 aliphatic carbocycles. The van der Waals surface area contributed by atoms with Gasteiger partial charge in [-0.3, -0.25) is 9.00 Å². The number of aliphatic carboxylic acids is 1. The van der Waals surface area contributed by atoms with Crippen molar-refractivity contribution in [3.05, 3.63) is 41.6 Å². The van der Waals surface area contributed by atoms with Gasteiger partial charge in [0.2, 0.25) is 5.88 Å². The van der Waals surface area contributed by atoms with E-state index in [-0.39, 0.29) is 39.8 Å². The van der Waals surface area contributed by atoms with Crippen molar-refractivity contribution in [1.82, 2.24) is 25.2 Å². The van der Waals surface area contributed by atoms with Crippen LogP contribution in [-0.4, -0.2) is 90.9 Å². The molecule has 0 aromatic carbocycles. The van der Waals surface area contributed by atoms with Crippen LogP contribution in [0.15, 0.2) is 41.6 Å². The molecule has 10 atom stereocenters. The van der Waals surface area contributed by atoms with Crippen molar-refractivity contribution in [3.63, 3.8) is 0 Å². The predicted octanol–water partition coefficient (Wildman–Crippen LogP) is 8.99. The van der Waals surface area contributed by atoms with Crippen molar-refractivity contribution in [1.29, 1.82) is 0 Å². The lowest BCUT2D eigenvalue weighted by atomic mass is 9.33. The molecule has 10 heteroatoms. The van der Waals surface area contributed by atoms with E-state index in [1.165, 1.54) is 68.1 Å². The first-order chi connectivity index (χ1) is 27.7. The average Bonchev–Trinajstić information content (AvgIpc) is 3.81. The third kappa shape index (κ3) is 6.94. The number of ether oxygens (including phenoxy) is 1. The van der Waals surface area contributed by atoms with E-state index < -0.39 is 20.9 Å². The molecular formula is C49H77N5O4S. The summed E-state index contributed by atoms with van der Waals surface area (Å²) < 4.78 is 20.4. The number of hydrogen-bond acceptors (Lipinski definition) is 7. The first-order valence-electron chi connectivity index (χ1n) is 23.3. The van der Waals surface area contributed by atoms with Gasteiger partial charge in [-0.05, 0) is 176 Å². The SMILES string of the molecule is C=C(C)[C@@H]1CC[C@]2(NCCN3CCS(=C)(=O)CC3)CC[C@]3(C)[C@H](CC[C@@H]4[C@@]5(C)CC=C(C6=CCC(COc7cnnn7C(C)C)(C(=O)O)CC6)C(C)(C)[C@@H]5CC[C@]43C)[C@@H]12. The van der Waals surface area contributed by atoms with Gasteiger partial charge in [0, 0.05) is 43.2 Å². The minimum atomic E-state index is -1.88. The summed E-state index contributed by atoms with van der Waals surface area (Å²) in [5.41, 5.74) is 4.22. The van der Waals surface area contributed by atoms with E-state index in [2.05, 4.69) is 86.7 Å². The second-order valence-electron chi connectivity index (χ2n) is 22.4. The summed E-state index contributed by atoms with van der Waals surface area (Å²) >= 11 is 0. The normalized spacial score (nSPS) is 41.5. The van der Waals surface area contributed by atoms with Crippen molar-refractivity contribution in [2.45, 2.75) is 144 Å². The zero-order chi connectivity index (χ0) is 42.4. The lowest BCUT2D eigenvalue weighted by Gasteiger charge is -2.72. The Morgan fingerprint density at radius 3 is 2.39 bits per heavy atom. The molecule has 9 nitrogen and oxygen atoms in total. The van der Waals surface area contributed by atoms with Gasteiger partial charge in [0.1, 0.15) is 18.2 Å². The fourth-order valence-electron chi connectivity index (χ4n) is 15.5. The zero-order valence-corrected chi connectivity index (χ0v) is 38.7. The topological polar surface area (TPSA) is 110 Å². The highest BCUT2D eigenvalue weighted by atomic mass is 32.2. The van der Waals surface area contributed by atoms with Crippen LogP contribution in [0, 0.1) is 56.7 Å². The van der Waals surface area contributed by atoms with E-state index in [0.29, 0.717) is 48.3 Å². The van der Waals surface area contributed by atoms with Crippen LogP contribution in [0.1, 0.15) is 138 Å². The van der Waals surface area contributed by atoms with Crippen LogP contribution in [0.5, 0.6) is 5.88 Å². The number of nitrogens with one attached hydrogen (secondary N) is 1. The molecule has 2 heterocycles. The molecule has 1 aromatic heterocycles. The van der Waals surface area contributed by atoms with Crippen LogP contribution in [0.3, 0.4) is 0 Å². The average molecular weight is 832 g/mol. The van der Waals surface area contributed by atoms with Crippen molar-refractivity contribution in [2.75, 3.05) is 44.3 Å². The number of allylic oxidation sites excluding steroid dienone is 5. The van der Waals surface area contributed by atoms with Crippen molar-refractivity contribution >= 4 is 21.4 Å². The van der Waals surface area contributed by atoms with Gasteiger partial charge in [-0.1, -0.05) is 64.1 Å². The molecule has 0 radical (unpaired) electrons. The lowest BCUT2D eigenvalue weighted by Crippen LogP contribution is -2.68. The molecular weight excluding hydrogens is 755 g/mol. The summed E-state index contributed by atoms with van der Waals surface area (Å²) in [5, 5.41) is 23.0. The maximum atomic E-state index is 12.9. The number of rotatable bonds is 11. The van der Waals surface area contributed by atoms with Crippen LogP contribution in [0.4, 0.5) is 0 Å². The number of aromatic nitrogens is 3. The fourth-order valence-corrected chi connectivity index (χ4v) is 16.9. The monoisotopic (exact) mass is 832 g/mol. The van der Waals surface area contributed by atoms with E-state index in [1.807, 2.05) is 13.8 Å². The minimum absolute atomic E-state index is 0.00765. The molecule has 1 aromatic rings. The molecule has 0 spiro atoms. The predicted molar refractivity (Wildman–Crippen MR) is 240 cm³/mol. The molecule has 328 valence electrons. The molecule has 4 saturated carbocycles. The second kappa shape index (κ2) is 15.1. The van der Waals surface area contributed by atoms with Crippen molar-refractivity contribution in [2.24, 2.45) is 56.7 Å². The highest BCUT2D eigenvalue weighted by Gasteiger charge is 2.70. The summed E-state index contributed by atoms with van der Waals surface area (Å²) in [6.45, 7) is 28.1. The number of fused-ring (bicyclic) bond motifs is 7. The van der Waals surface area contributed by atoms with E-state index in [4.69, 9.17) is 4.74 Å². The smallest absolute Gasteiger partial charge is 0.313 e. The molecule has 5 fully saturated rings. The summed E-state index contributed by atoms with van der Waals surface area (Å²) in [6.07, 6.45) is 19.6. The highest BCUT2D eigenvalue weighted by molar-refractivity contribution is 8.00. The molecule has 0 amide bonds. The van der Waals surface area contributed by atoms with E-state index >= 15 is 0 Å². The van der Waals surface area contributed by atoms with Gasteiger partial charge in [0.15, 0.2) is 0 Å². The lowest BCUT2D eigenvalue weighted by molar-refractivity contribution is -0.221. The fraction of sp³-hybridized carbons (Fsp3) is 0.796. The van der Waals surface area contributed by atoms with Gasteiger partial charge >= 0.3 is 5.97 Å². The quantitative estimate of drug-likeness (QED) is 0.168. The summed E-state index contributed by atoms with van der Waals surface area (Å²) in [6, 6.07) is 0.0811. The molecule has 59 heavy (non-hydrogen) atoms. The number of nitrogens with zero attached hydrogens (tertiary/aromatic N) is 4. The molecule has 7 aliphatic rings. The Labute approximate surface area is 356 Å². The van der Waals surface area contributed by atoms with Gasteiger partial charge in [0.25, 0.3) is 0 Å². The van der Waals surface area contributed by atoms with E-state index in [9.17, 15) is 14.1 Å². The first kappa shape index (κ1) is 43.2. The zero-order valence-electron chi connectivity index (χ0n) is 37.9. The van der Waals surface area contributed by atoms with E-state index in [1.54, 1.807) is 10.9 Å². The van der Waals surface area contributed by atoms with Crippen LogP contribution in [0.25, 0.3) is 0 Å². The Morgan fingerprint density at radius 2 is 1.73 bits per heavy atom. The van der Waals surface area contributed by atoms with Gasteiger partial charge < -0.3 is 20.1 Å². The molecule has 2 N–H and O–H groups in total. The summed E-state index contributed by atoms with van der Waals surface area (Å²) in [7, 11) is -1.88. The van der Waals surface area contributed by atoms with Crippen molar-refractivity contribution < 1.29 is 18.8 Å². The van der Waals surface area contributed by atoms with Gasteiger partial charge in [-0.2, -0.15) is 0 Å². The maximum Gasteiger partial charge on any atom is 0.313 e. The van der Waals surface area contributed by atoms with Gasteiger partial charge in [-0.15, -0.1) is 5.10 Å². The highest BCUT2D eigenvalue weighted by Crippen LogP contribution is 2.76. The van der Waals surface area contributed by atoms with Crippen LogP contribution >= 0.6 is 0 Å². The Balaban J connectivity index is 1.00. The summed E-state index contributed by atoms with van der Waals surface area (Å²) in [4.78, 5) is 15.4. The number of carboxylic acids is 1. The minimum Gasteiger partial charge on any atom is -0.481 e. The largest absolute Gasteiger partial charge is 0.481 e. The number of hydrogen-bond donors (Lipinski definition) is 2. The maximum absolute atomic E-state index is 12.9. The molecule has 8 rings (SSSR count). The third-order valence-corrected chi connectivity index (χ3v) is 20.9. The van der Waals surface area contributed by atoms with Gasteiger partial charge in [-0.25, -0.2) is 4.68 Å². The molecule has 0 bridgehead atoms. The van der Waals surface area contributed by atoms with E-state index in [0.717, 1.165) is 50.5 Å². The number of carboxylic acid groups (broad SMARTS) is 1. The first-order valence-corrected chi connectivity index (χ1v) is 25.4. The van der Waals surface area contributed by atoms with Crippen LogP contribution in [0.2, 0.25) is 0 Å². The second-order valence-corrected chi connectivity index (χ2v) is 25.2. The number of carbonyl (C=O) groups is 1.